The van der Waals surface area contributed by atoms with Gasteiger partial charge in [0.1, 0.15) is 11.6 Å². The Morgan fingerprint density at radius 1 is 1.20 bits per heavy atom. The van der Waals surface area contributed by atoms with Crippen molar-refractivity contribution in [2.75, 3.05) is 11.9 Å². The molecule has 1 aromatic heterocycles. The van der Waals surface area contributed by atoms with E-state index in [4.69, 9.17) is 5.11 Å². The van der Waals surface area contributed by atoms with Crippen LogP contribution in [0.4, 0.5) is 5.82 Å². The number of benzene rings is 1. The second-order valence-corrected chi connectivity index (χ2v) is 4.44. The van der Waals surface area contributed by atoms with Crippen molar-refractivity contribution >= 4 is 11.8 Å². The fourth-order valence-electron chi connectivity index (χ4n) is 1.82. The van der Waals surface area contributed by atoms with E-state index in [0.717, 1.165) is 17.2 Å². The summed E-state index contributed by atoms with van der Waals surface area (Å²) in [6, 6.07) is 11.8. The van der Waals surface area contributed by atoms with E-state index >= 15 is 0 Å². The molecular formula is C15H17N3O2. The maximum atomic E-state index is 10.4. The lowest BCUT2D eigenvalue weighted by atomic mass is 10.1. The van der Waals surface area contributed by atoms with E-state index in [-0.39, 0.29) is 6.42 Å². The summed E-state index contributed by atoms with van der Waals surface area (Å²) in [7, 11) is 0. The Labute approximate surface area is 117 Å². The number of carboxylic acid groups (broad SMARTS) is 1. The second kappa shape index (κ2) is 7.23. The molecule has 0 fully saturated rings. The van der Waals surface area contributed by atoms with Crippen molar-refractivity contribution in [3.8, 4) is 0 Å². The van der Waals surface area contributed by atoms with Gasteiger partial charge in [0.25, 0.3) is 0 Å². The van der Waals surface area contributed by atoms with Crippen LogP contribution in [0.5, 0.6) is 0 Å². The first-order chi connectivity index (χ1) is 9.74. The second-order valence-electron chi connectivity index (χ2n) is 4.44. The van der Waals surface area contributed by atoms with Crippen molar-refractivity contribution in [1.29, 1.82) is 0 Å². The predicted octanol–water partition coefficient (Wildman–Crippen LogP) is 2.34. The van der Waals surface area contributed by atoms with Gasteiger partial charge in [-0.05, 0) is 18.1 Å². The normalized spacial score (nSPS) is 10.2. The largest absolute Gasteiger partial charge is 0.481 e. The first kappa shape index (κ1) is 14.0. The third kappa shape index (κ3) is 4.68. The fraction of sp³-hybridized carbons (Fsp3) is 0.267. The van der Waals surface area contributed by atoms with Crippen molar-refractivity contribution in [2.45, 2.75) is 19.3 Å². The Bertz CT molecular complexity index is 558. The summed E-state index contributed by atoms with van der Waals surface area (Å²) in [5, 5.41) is 11.7. The molecule has 0 spiro atoms. The van der Waals surface area contributed by atoms with E-state index in [9.17, 15) is 4.79 Å². The quantitative estimate of drug-likeness (QED) is 0.756. The molecular weight excluding hydrogens is 254 g/mol. The molecule has 0 bridgehead atoms. The van der Waals surface area contributed by atoms with Crippen LogP contribution >= 0.6 is 0 Å². The maximum absolute atomic E-state index is 10.4. The minimum Gasteiger partial charge on any atom is -0.481 e. The van der Waals surface area contributed by atoms with Gasteiger partial charge < -0.3 is 10.4 Å². The number of aliphatic carboxylic acids is 1. The molecule has 0 atom stereocenters. The Morgan fingerprint density at radius 3 is 2.75 bits per heavy atom. The monoisotopic (exact) mass is 271 g/mol. The molecule has 104 valence electrons. The molecule has 0 amide bonds. The van der Waals surface area contributed by atoms with Crippen LogP contribution in [0, 0.1) is 0 Å². The number of anilines is 1. The molecule has 0 aliphatic carbocycles. The highest BCUT2D eigenvalue weighted by Crippen LogP contribution is 2.08. The van der Waals surface area contributed by atoms with Crippen molar-refractivity contribution in [3.63, 3.8) is 0 Å². The van der Waals surface area contributed by atoms with Gasteiger partial charge >= 0.3 is 5.97 Å². The first-order valence-electron chi connectivity index (χ1n) is 6.55. The highest BCUT2D eigenvalue weighted by Gasteiger charge is 2.01. The summed E-state index contributed by atoms with van der Waals surface area (Å²) in [6.07, 6.45) is 3.14. The zero-order valence-corrected chi connectivity index (χ0v) is 11.1. The van der Waals surface area contributed by atoms with Gasteiger partial charge in [-0.15, -0.1) is 0 Å². The van der Waals surface area contributed by atoms with Gasteiger partial charge in [-0.2, -0.15) is 0 Å². The number of carbonyl (C=O) groups is 1. The molecule has 1 heterocycles. The van der Waals surface area contributed by atoms with Crippen molar-refractivity contribution in [1.82, 2.24) is 9.97 Å². The van der Waals surface area contributed by atoms with Crippen LogP contribution < -0.4 is 5.32 Å². The van der Waals surface area contributed by atoms with Gasteiger partial charge in [-0.3, -0.25) is 4.79 Å². The van der Waals surface area contributed by atoms with E-state index in [1.54, 1.807) is 12.3 Å². The number of carboxylic acids is 1. The summed E-state index contributed by atoms with van der Waals surface area (Å²) in [6.45, 7) is 0.591. The smallest absolute Gasteiger partial charge is 0.303 e. The maximum Gasteiger partial charge on any atom is 0.303 e. The molecule has 0 saturated carbocycles. The van der Waals surface area contributed by atoms with Gasteiger partial charge in [-0.25, -0.2) is 9.97 Å². The zero-order valence-electron chi connectivity index (χ0n) is 11.1. The summed E-state index contributed by atoms with van der Waals surface area (Å²) in [4.78, 5) is 19.1. The van der Waals surface area contributed by atoms with Crippen molar-refractivity contribution in [2.24, 2.45) is 0 Å². The third-order valence-electron chi connectivity index (χ3n) is 2.78. The molecule has 2 N–H and O–H groups in total. The molecule has 1 aromatic carbocycles. The number of aromatic nitrogens is 2. The van der Waals surface area contributed by atoms with Gasteiger partial charge in [0, 0.05) is 25.6 Å². The molecule has 0 aliphatic rings. The highest BCUT2D eigenvalue weighted by atomic mass is 16.4. The lowest BCUT2D eigenvalue weighted by Gasteiger charge is -2.06. The SMILES string of the molecule is O=C(O)CCCNc1ccnc(Cc2ccccc2)n1. The zero-order chi connectivity index (χ0) is 14.2. The topological polar surface area (TPSA) is 75.1 Å². The molecule has 0 unspecified atom stereocenters. The molecule has 2 aromatic rings. The van der Waals surface area contributed by atoms with Crippen LogP contribution in [0.2, 0.25) is 0 Å². The summed E-state index contributed by atoms with van der Waals surface area (Å²) in [5.74, 6) is 0.704. The molecule has 0 radical (unpaired) electrons. The molecule has 0 aliphatic heterocycles. The van der Waals surface area contributed by atoms with Gasteiger partial charge in [-0.1, -0.05) is 30.3 Å². The standard InChI is InChI=1S/C15H17N3O2/c19-15(20)7-4-9-16-13-8-10-17-14(18-13)11-12-5-2-1-3-6-12/h1-3,5-6,8,10H,4,7,9,11H2,(H,19,20)(H,16,17,18). The first-order valence-corrected chi connectivity index (χ1v) is 6.55. The average Bonchev–Trinajstić information content (AvgIpc) is 2.45. The fourth-order valence-corrected chi connectivity index (χ4v) is 1.82. The van der Waals surface area contributed by atoms with Crippen LogP contribution in [-0.2, 0) is 11.2 Å². The summed E-state index contributed by atoms with van der Waals surface area (Å²) >= 11 is 0. The van der Waals surface area contributed by atoms with Crippen LogP contribution in [-0.4, -0.2) is 27.6 Å². The molecule has 20 heavy (non-hydrogen) atoms. The number of hydrogen-bond donors (Lipinski definition) is 2. The van der Waals surface area contributed by atoms with Gasteiger partial charge in [0.2, 0.25) is 0 Å². The van der Waals surface area contributed by atoms with E-state index in [0.29, 0.717) is 19.4 Å². The van der Waals surface area contributed by atoms with Crippen LogP contribution in [0.3, 0.4) is 0 Å². The summed E-state index contributed by atoms with van der Waals surface area (Å²) < 4.78 is 0. The van der Waals surface area contributed by atoms with E-state index in [1.165, 1.54) is 0 Å². The minimum atomic E-state index is -0.778. The molecule has 5 heteroatoms. The molecule has 0 saturated heterocycles. The van der Waals surface area contributed by atoms with Gasteiger partial charge in [0.05, 0.1) is 0 Å². The Hall–Kier alpha value is -2.43. The van der Waals surface area contributed by atoms with Gasteiger partial charge in [0.15, 0.2) is 0 Å². The van der Waals surface area contributed by atoms with Crippen LogP contribution in [0.1, 0.15) is 24.2 Å². The number of hydrogen-bond acceptors (Lipinski definition) is 4. The van der Waals surface area contributed by atoms with E-state index < -0.39 is 5.97 Å². The summed E-state index contributed by atoms with van der Waals surface area (Å²) in [5.41, 5.74) is 1.16. The Balaban J connectivity index is 1.89. The van der Waals surface area contributed by atoms with E-state index in [2.05, 4.69) is 15.3 Å². The number of nitrogens with one attached hydrogen (secondary N) is 1. The van der Waals surface area contributed by atoms with Crippen LogP contribution in [0.15, 0.2) is 42.6 Å². The third-order valence-corrected chi connectivity index (χ3v) is 2.78. The minimum absolute atomic E-state index is 0.162. The molecule has 2 rings (SSSR count). The average molecular weight is 271 g/mol. The molecule has 5 nitrogen and oxygen atoms in total. The van der Waals surface area contributed by atoms with E-state index in [1.807, 2.05) is 30.3 Å². The Morgan fingerprint density at radius 2 is 2.00 bits per heavy atom. The number of nitrogens with zero attached hydrogens (tertiary/aromatic N) is 2. The van der Waals surface area contributed by atoms with Crippen molar-refractivity contribution < 1.29 is 9.90 Å². The predicted molar refractivity (Wildman–Crippen MR) is 76.6 cm³/mol. The van der Waals surface area contributed by atoms with Crippen molar-refractivity contribution in [3.05, 3.63) is 54.0 Å². The number of rotatable bonds is 7. The highest BCUT2D eigenvalue weighted by molar-refractivity contribution is 5.66. The van der Waals surface area contributed by atoms with Crippen LogP contribution in [0.25, 0.3) is 0 Å². The Kier molecular flexibility index (Phi) is 5.06. The lowest BCUT2D eigenvalue weighted by Crippen LogP contribution is -2.07. The lowest BCUT2D eigenvalue weighted by molar-refractivity contribution is -0.137.